The molecule has 0 unspecified atom stereocenters. The number of hydrogen-bond acceptors (Lipinski definition) is 2. The van der Waals surface area contributed by atoms with Crippen LogP contribution in [0.3, 0.4) is 0 Å². The molecule has 0 bridgehead atoms. The van der Waals surface area contributed by atoms with E-state index in [0.717, 1.165) is 24.1 Å². The first-order valence-electron chi connectivity index (χ1n) is 9.30. The number of rotatable bonds is 3. The van der Waals surface area contributed by atoms with Crippen molar-refractivity contribution in [3.05, 3.63) is 94.3 Å². The lowest BCUT2D eigenvalue weighted by atomic mass is 10.00. The molecule has 6 heteroatoms. The van der Waals surface area contributed by atoms with E-state index in [4.69, 9.17) is 11.6 Å². The molecule has 0 atom stereocenters. The summed E-state index contributed by atoms with van der Waals surface area (Å²) in [4.78, 5) is 27.1. The second kappa shape index (κ2) is 8.05. The number of benzene rings is 3. The molecule has 0 saturated heterocycles. The second-order valence-corrected chi connectivity index (χ2v) is 7.23. The lowest BCUT2D eigenvalue weighted by molar-refractivity contribution is 0.0983. The van der Waals surface area contributed by atoms with E-state index in [9.17, 15) is 14.0 Å². The van der Waals surface area contributed by atoms with Crippen molar-refractivity contribution in [1.82, 2.24) is 0 Å². The molecule has 3 aromatic carbocycles. The Morgan fingerprint density at radius 3 is 2.55 bits per heavy atom. The van der Waals surface area contributed by atoms with Gasteiger partial charge >= 0.3 is 0 Å². The Bertz CT molecular complexity index is 1070. The van der Waals surface area contributed by atoms with Crippen LogP contribution in [-0.4, -0.2) is 18.4 Å². The van der Waals surface area contributed by atoms with E-state index < -0.39 is 11.7 Å². The maximum atomic E-state index is 14.0. The molecule has 0 saturated carbocycles. The van der Waals surface area contributed by atoms with Crippen molar-refractivity contribution in [3.63, 3.8) is 0 Å². The van der Waals surface area contributed by atoms with E-state index >= 15 is 0 Å². The highest BCUT2D eigenvalue weighted by molar-refractivity contribution is 6.34. The van der Waals surface area contributed by atoms with Gasteiger partial charge in [0.15, 0.2) is 0 Å². The predicted octanol–water partition coefficient (Wildman–Crippen LogP) is 5.32. The molecule has 3 aromatic rings. The van der Waals surface area contributed by atoms with Crippen LogP contribution in [0.5, 0.6) is 0 Å². The summed E-state index contributed by atoms with van der Waals surface area (Å²) in [5, 5.41) is 2.75. The number of nitrogens with zero attached hydrogens (tertiary/aromatic N) is 1. The summed E-state index contributed by atoms with van der Waals surface area (Å²) in [6.07, 6.45) is 1.61. The van der Waals surface area contributed by atoms with Crippen LogP contribution in [0.15, 0.2) is 66.7 Å². The number of carbonyl (C=O) groups is 2. The van der Waals surface area contributed by atoms with Gasteiger partial charge in [-0.1, -0.05) is 35.9 Å². The van der Waals surface area contributed by atoms with E-state index in [2.05, 4.69) is 5.32 Å². The first kappa shape index (κ1) is 19.2. The van der Waals surface area contributed by atoms with Gasteiger partial charge in [-0.2, -0.15) is 0 Å². The first-order chi connectivity index (χ1) is 14.0. The van der Waals surface area contributed by atoms with Crippen LogP contribution in [-0.2, 0) is 6.42 Å². The number of hydrogen-bond donors (Lipinski definition) is 1. The average molecular weight is 409 g/mol. The molecule has 29 heavy (non-hydrogen) atoms. The molecule has 1 heterocycles. The van der Waals surface area contributed by atoms with Gasteiger partial charge in [0, 0.05) is 23.5 Å². The number of fused-ring (bicyclic) bond motifs is 1. The zero-order valence-electron chi connectivity index (χ0n) is 15.5. The van der Waals surface area contributed by atoms with Crippen LogP contribution >= 0.6 is 11.6 Å². The van der Waals surface area contributed by atoms with Crippen LogP contribution in [0.1, 0.15) is 32.7 Å². The van der Waals surface area contributed by atoms with E-state index in [1.165, 1.54) is 18.2 Å². The number of aryl methyl sites for hydroxylation is 1. The van der Waals surface area contributed by atoms with E-state index in [1.54, 1.807) is 23.1 Å². The normalized spacial score (nSPS) is 13.0. The fourth-order valence-corrected chi connectivity index (χ4v) is 3.78. The molecule has 0 fully saturated rings. The summed E-state index contributed by atoms with van der Waals surface area (Å²) in [5.41, 5.74) is 2.76. The summed E-state index contributed by atoms with van der Waals surface area (Å²) in [7, 11) is 0. The Balaban J connectivity index is 1.59. The van der Waals surface area contributed by atoms with Crippen molar-refractivity contribution in [3.8, 4) is 0 Å². The Labute approximate surface area is 172 Å². The fourth-order valence-electron chi connectivity index (χ4n) is 3.53. The third kappa shape index (κ3) is 3.87. The van der Waals surface area contributed by atoms with Crippen LogP contribution in [0, 0.1) is 5.82 Å². The highest BCUT2D eigenvalue weighted by Crippen LogP contribution is 2.31. The standard InChI is InChI=1S/C23H18ClFN2O2/c24-18-9-4-10-19(25)21(18)22(28)26-17-11-12-20-16(14-17)8-5-13-27(20)23(29)15-6-2-1-3-7-15/h1-4,6-7,9-12,14H,5,8,13H2,(H,26,28). The zero-order valence-corrected chi connectivity index (χ0v) is 16.2. The smallest absolute Gasteiger partial charge is 0.260 e. The van der Waals surface area contributed by atoms with Crippen molar-refractivity contribution >= 4 is 34.8 Å². The SMILES string of the molecule is O=C(Nc1ccc2c(c1)CCCN2C(=O)c1ccccc1)c1c(F)cccc1Cl. The summed E-state index contributed by atoms with van der Waals surface area (Å²) in [5.74, 6) is -1.34. The molecule has 1 aliphatic rings. The number of nitrogens with one attached hydrogen (secondary N) is 1. The van der Waals surface area contributed by atoms with Crippen molar-refractivity contribution in [2.75, 3.05) is 16.8 Å². The average Bonchev–Trinajstić information content (AvgIpc) is 2.73. The van der Waals surface area contributed by atoms with Crippen molar-refractivity contribution in [1.29, 1.82) is 0 Å². The van der Waals surface area contributed by atoms with Crippen LogP contribution in [0.4, 0.5) is 15.8 Å². The third-order valence-corrected chi connectivity index (χ3v) is 5.23. The zero-order chi connectivity index (χ0) is 20.4. The third-order valence-electron chi connectivity index (χ3n) is 4.91. The highest BCUT2D eigenvalue weighted by atomic mass is 35.5. The monoisotopic (exact) mass is 408 g/mol. The number of anilines is 2. The summed E-state index contributed by atoms with van der Waals surface area (Å²) < 4.78 is 14.0. The van der Waals surface area contributed by atoms with Gasteiger partial charge in [-0.25, -0.2) is 4.39 Å². The Kier molecular flexibility index (Phi) is 5.32. The minimum atomic E-state index is -0.674. The summed E-state index contributed by atoms with van der Waals surface area (Å²) in [6.45, 7) is 0.636. The minimum Gasteiger partial charge on any atom is -0.322 e. The van der Waals surface area contributed by atoms with Crippen molar-refractivity contribution < 1.29 is 14.0 Å². The molecule has 0 aromatic heterocycles. The molecule has 146 valence electrons. The van der Waals surface area contributed by atoms with Gasteiger partial charge in [0.1, 0.15) is 5.82 Å². The molecule has 4 nitrogen and oxygen atoms in total. The van der Waals surface area contributed by atoms with E-state index in [-0.39, 0.29) is 16.5 Å². The van der Waals surface area contributed by atoms with Crippen molar-refractivity contribution in [2.45, 2.75) is 12.8 Å². The molecule has 0 aliphatic carbocycles. The Morgan fingerprint density at radius 1 is 1.00 bits per heavy atom. The maximum absolute atomic E-state index is 14.0. The van der Waals surface area contributed by atoms with E-state index in [0.29, 0.717) is 17.8 Å². The largest absolute Gasteiger partial charge is 0.322 e. The Hall–Kier alpha value is -3.18. The van der Waals surface area contributed by atoms with Gasteiger partial charge in [0.2, 0.25) is 0 Å². The first-order valence-corrected chi connectivity index (χ1v) is 9.67. The molecule has 4 rings (SSSR count). The van der Waals surface area contributed by atoms with Gasteiger partial charge in [0.25, 0.3) is 11.8 Å². The number of amides is 2. The minimum absolute atomic E-state index is 0.0542. The molecule has 2 amide bonds. The van der Waals surface area contributed by atoms with Crippen LogP contribution in [0.2, 0.25) is 5.02 Å². The summed E-state index contributed by atoms with van der Waals surface area (Å²) >= 11 is 5.97. The van der Waals surface area contributed by atoms with Gasteiger partial charge in [-0.3, -0.25) is 9.59 Å². The molecule has 0 spiro atoms. The van der Waals surface area contributed by atoms with Crippen LogP contribution in [0.25, 0.3) is 0 Å². The molecule has 0 radical (unpaired) electrons. The molecule has 1 aliphatic heterocycles. The topological polar surface area (TPSA) is 49.4 Å². The van der Waals surface area contributed by atoms with E-state index in [1.807, 2.05) is 30.3 Å². The quantitative estimate of drug-likeness (QED) is 0.637. The van der Waals surface area contributed by atoms with Gasteiger partial charge in [-0.15, -0.1) is 0 Å². The molecule has 1 N–H and O–H groups in total. The van der Waals surface area contributed by atoms with Crippen molar-refractivity contribution in [2.24, 2.45) is 0 Å². The highest BCUT2D eigenvalue weighted by Gasteiger charge is 2.24. The number of carbonyl (C=O) groups excluding carboxylic acids is 2. The van der Waals surface area contributed by atoms with Gasteiger partial charge in [0.05, 0.1) is 10.6 Å². The van der Waals surface area contributed by atoms with Gasteiger partial charge in [-0.05, 0) is 60.9 Å². The maximum Gasteiger partial charge on any atom is 0.260 e. The lowest BCUT2D eigenvalue weighted by Crippen LogP contribution is -2.35. The molecular weight excluding hydrogens is 391 g/mol. The Morgan fingerprint density at radius 2 is 1.79 bits per heavy atom. The second-order valence-electron chi connectivity index (χ2n) is 6.82. The fraction of sp³-hybridized carbons (Fsp3) is 0.130. The predicted molar refractivity (Wildman–Crippen MR) is 112 cm³/mol. The number of halogens is 2. The van der Waals surface area contributed by atoms with Crippen LogP contribution < -0.4 is 10.2 Å². The summed E-state index contributed by atoms with van der Waals surface area (Å²) in [6, 6.07) is 18.6. The van der Waals surface area contributed by atoms with Gasteiger partial charge < -0.3 is 10.2 Å². The molecular formula is C23H18ClFN2O2. The lowest BCUT2D eigenvalue weighted by Gasteiger charge is -2.30.